The van der Waals surface area contributed by atoms with Crippen LogP contribution in [0.4, 0.5) is 0 Å². The van der Waals surface area contributed by atoms with Gasteiger partial charge in [0.25, 0.3) is 0 Å². The molecule has 26 heavy (non-hydrogen) atoms. The summed E-state index contributed by atoms with van der Waals surface area (Å²) in [7, 11) is 0. The molecule has 2 heteroatoms. The lowest BCUT2D eigenvalue weighted by Crippen LogP contribution is -2.27. The highest BCUT2D eigenvalue weighted by Gasteiger charge is 2.26. The Morgan fingerprint density at radius 2 is 1.62 bits per heavy atom. The molecule has 1 nitrogen and oxygen atoms in total. The molecule has 2 atom stereocenters. The predicted octanol–water partition coefficient (Wildman–Crippen LogP) is 6.06. The van der Waals surface area contributed by atoms with Gasteiger partial charge in [0.05, 0.1) is 0 Å². The Morgan fingerprint density at radius 1 is 0.885 bits per heavy atom. The summed E-state index contributed by atoms with van der Waals surface area (Å²) >= 11 is 6.46. The molecule has 0 N–H and O–H groups in total. The number of rotatable bonds is 9. The van der Waals surface area contributed by atoms with Gasteiger partial charge in [-0.15, -0.1) is 11.6 Å². The van der Waals surface area contributed by atoms with Crippen molar-refractivity contribution in [1.82, 2.24) is 4.90 Å². The molecule has 1 aliphatic rings. The maximum Gasteiger partial charge on any atom is 0.0404 e. The van der Waals surface area contributed by atoms with Crippen molar-refractivity contribution in [3.63, 3.8) is 0 Å². The smallest absolute Gasteiger partial charge is 0.0404 e. The molecular formula is C24H32ClN. The van der Waals surface area contributed by atoms with Gasteiger partial charge >= 0.3 is 0 Å². The van der Waals surface area contributed by atoms with Crippen LogP contribution in [0.5, 0.6) is 0 Å². The molecule has 0 bridgehead atoms. The fourth-order valence-corrected chi connectivity index (χ4v) is 4.51. The first-order valence-corrected chi connectivity index (χ1v) is 10.7. The quantitative estimate of drug-likeness (QED) is 0.485. The molecule has 0 aromatic heterocycles. The van der Waals surface area contributed by atoms with Crippen LogP contribution in [0.2, 0.25) is 0 Å². The van der Waals surface area contributed by atoms with Gasteiger partial charge in [-0.2, -0.15) is 0 Å². The number of likely N-dealkylation sites (N-methyl/N-ethyl adjacent to an activating group) is 1. The summed E-state index contributed by atoms with van der Waals surface area (Å²) in [5.74, 6) is 0.569. The summed E-state index contributed by atoms with van der Waals surface area (Å²) < 4.78 is 0. The number of nitrogens with zero attached hydrogens (tertiary/aromatic N) is 1. The lowest BCUT2D eigenvalue weighted by atomic mass is 9.95. The minimum absolute atomic E-state index is 0.337. The SMILES string of the molecule is CCN(CCCc1ccc(C2CCCC2Cl)cc1)CCc1ccccc1. The summed E-state index contributed by atoms with van der Waals surface area (Å²) in [5, 5.41) is 0.337. The van der Waals surface area contributed by atoms with Crippen LogP contribution in [-0.4, -0.2) is 29.9 Å². The molecule has 1 saturated carbocycles. The van der Waals surface area contributed by atoms with Crippen molar-refractivity contribution in [2.75, 3.05) is 19.6 Å². The number of alkyl halides is 1. The minimum Gasteiger partial charge on any atom is -0.303 e. The maximum atomic E-state index is 6.46. The van der Waals surface area contributed by atoms with Gasteiger partial charge in [-0.3, -0.25) is 0 Å². The van der Waals surface area contributed by atoms with E-state index in [1.165, 1.54) is 48.9 Å². The number of hydrogen-bond donors (Lipinski definition) is 0. The fourth-order valence-electron chi connectivity index (χ4n) is 4.09. The van der Waals surface area contributed by atoms with Crippen LogP contribution in [-0.2, 0) is 12.8 Å². The molecule has 2 aromatic rings. The summed E-state index contributed by atoms with van der Waals surface area (Å²) in [6.45, 7) is 5.73. The van der Waals surface area contributed by atoms with E-state index in [0.29, 0.717) is 11.3 Å². The number of aryl methyl sites for hydroxylation is 1. The molecule has 2 unspecified atom stereocenters. The van der Waals surface area contributed by atoms with Crippen LogP contribution in [0.3, 0.4) is 0 Å². The Balaban J connectivity index is 1.41. The first-order valence-electron chi connectivity index (χ1n) is 10.3. The van der Waals surface area contributed by atoms with E-state index < -0.39 is 0 Å². The van der Waals surface area contributed by atoms with Crippen LogP contribution in [0.15, 0.2) is 54.6 Å². The fraction of sp³-hybridized carbons (Fsp3) is 0.500. The second-order valence-electron chi connectivity index (χ2n) is 7.57. The first-order chi connectivity index (χ1) is 12.8. The Hall–Kier alpha value is -1.31. The summed E-state index contributed by atoms with van der Waals surface area (Å²) in [4.78, 5) is 2.57. The third-order valence-electron chi connectivity index (χ3n) is 5.79. The largest absolute Gasteiger partial charge is 0.303 e. The number of benzene rings is 2. The zero-order valence-electron chi connectivity index (χ0n) is 16.0. The monoisotopic (exact) mass is 369 g/mol. The highest BCUT2D eigenvalue weighted by atomic mass is 35.5. The van der Waals surface area contributed by atoms with E-state index >= 15 is 0 Å². The zero-order chi connectivity index (χ0) is 18.2. The van der Waals surface area contributed by atoms with Crippen LogP contribution < -0.4 is 0 Å². The number of hydrogen-bond acceptors (Lipinski definition) is 1. The predicted molar refractivity (Wildman–Crippen MR) is 113 cm³/mol. The topological polar surface area (TPSA) is 3.24 Å². The van der Waals surface area contributed by atoms with Gasteiger partial charge in [-0.25, -0.2) is 0 Å². The maximum absolute atomic E-state index is 6.46. The van der Waals surface area contributed by atoms with Crippen LogP contribution in [0.25, 0.3) is 0 Å². The van der Waals surface area contributed by atoms with E-state index in [0.717, 1.165) is 25.9 Å². The molecular weight excluding hydrogens is 338 g/mol. The molecule has 1 aliphatic carbocycles. The Labute approximate surface area is 164 Å². The molecule has 0 spiro atoms. The second kappa shape index (κ2) is 10.1. The minimum atomic E-state index is 0.337. The van der Waals surface area contributed by atoms with E-state index in [4.69, 9.17) is 11.6 Å². The molecule has 0 amide bonds. The lowest BCUT2D eigenvalue weighted by molar-refractivity contribution is 0.288. The van der Waals surface area contributed by atoms with Crippen molar-refractivity contribution in [1.29, 1.82) is 0 Å². The third kappa shape index (κ3) is 5.59. The standard InChI is InChI=1S/C24H32ClN/c1-2-26(19-17-20-8-4-3-5-9-20)18-7-10-21-13-15-22(16-14-21)23-11-6-12-24(23)25/h3-5,8-9,13-16,23-24H,2,6-7,10-12,17-19H2,1H3. The van der Waals surface area contributed by atoms with E-state index in [1.807, 2.05) is 0 Å². The van der Waals surface area contributed by atoms with Crippen molar-refractivity contribution in [2.45, 2.75) is 56.7 Å². The van der Waals surface area contributed by atoms with Gasteiger partial charge < -0.3 is 4.90 Å². The van der Waals surface area contributed by atoms with Gasteiger partial charge in [0, 0.05) is 17.8 Å². The molecule has 0 radical (unpaired) electrons. The summed E-state index contributed by atoms with van der Waals surface area (Å²) in [6, 6.07) is 20.1. The van der Waals surface area contributed by atoms with Crippen LogP contribution >= 0.6 is 11.6 Å². The average Bonchev–Trinajstić information content (AvgIpc) is 3.12. The van der Waals surface area contributed by atoms with Gasteiger partial charge in [-0.05, 0) is 61.9 Å². The van der Waals surface area contributed by atoms with Gasteiger partial charge in [0.1, 0.15) is 0 Å². The summed E-state index contributed by atoms with van der Waals surface area (Å²) in [6.07, 6.45) is 7.23. The Bertz CT molecular complexity index is 637. The van der Waals surface area contributed by atoms with Gasteiger partial charge in [-0.1, -0.05) is 67.9 Å². The van der Waals surface area contributed by atoms with Crippen LogP contribution in [0, 0.1) is 0 Å². The van der Waals surface area contributed by atoms with Crippen LogP contribution in [0.1, 0.15) is 55.2 Å². The van der Waals surface area contributed by atoms with E-state index in [9.17, 15) is 0 Å². The zero-order valence-corrected chi connectivity index (χ0v) is 16.8. The normalized spacial score (nSPS) is 20.0. The Morgan fingerprint density at radius 3 is 2.27 bits per heavy atom. The molecule has 0 heterocycles. The van der Waals surface area contributed by atoms with Crippen molar-refractivity contribution >= 4 is 11.6 Å². The van der Waals surface area contributed by atoms with Crippen molar-refractivity contribution in [3.05, 3.63) is 71.3 Å². The molecule has 1 fully saturated rings. The lowest BCUT2D eigenvalue weighted by Gasteiger charge is -2.20. The first kappa shape index (κ1) is 19.5. The van der Waals surface area contributed by atoms with Gasteiger partial charge in [0.15, 0.2) is 0 Å². The highest BCUT2D eigenvalue weighted by Crippen LogP contribution is 2.38. The van der Waals surface area contributed by atoms with Gasteiger partial charge in [0.2, 0.25) is 0 Å². The molecule has 2 aromatic carbocycles. The Kier molecular flexibility index (Phi) is 7.58. The second-order valence-corrected chi connectivity index (χ2v) is 8.13. The molecule has 0 aliphatic heterocycles. The van der Waals surface area contributed by atoms with E-state index in [2.05, 4.69) is 66.4 Å². The van der Waals surface area contributed by atoms with E-state index in [-0.39, 0.29) is 0 Å². The van der Waals surface area contributed by atoms with Crippen molar-refractivity contribution in [2.24, 2.45) is 0 Å². The molecule has 0 saturated heterocycles. The van der Waals surface area contributed by atoms with E-state index in [1.54, 1.807) is 0 Å². The van der Waals surface area contributed by atoms with Crippen molar-refractivity contribution in [3.8, 4) is 0 Å². The van der Waals surface area contributed by atoms with Crippen molar-refractivity contribution < 1.29 is 0 Å². The average molecular weight is 370 g/mol. The number of halogens is 1. The highest BCUT2D eigenvalue weighted by molar-refractivity contribution is 6.21. The summed E-state index contributed by atoms with van der Waals surface area (Å²) in [5.41, 5.74) is 4.33. The molecule has 140 valence electrons. The molecule has 3 rings (SSSR count). The third-order valence-corrected chi connectivity index (χ3v) is 6.31.